The van der Waals surface area contributed by atoms with E-state index in [-0.39, 0.29) is 11.9 Å². The Bertz CT molecular complexity index is 1510. The molecule has 1 amide bonds. The molecule has 1 saturated carbocycles. The van der Waals surface area contributed by atoms with Crippen LogP contribution in [0.2, 0.25) is 10.0 Å². The van der Waals surface area contributed by atoms with Gasteiger partial charge in [0, 0.05) is 46.3 Å². The summed E-state index contributed by atoms with van der Waals surface area (Å²) in [5.74, 6) is 0.0606. The van der Waals surface area contributed by atoms with Gasteiger partial charge in [-0.3, -0.25) is 4.79 Å². The van der Waals surface area contributed by atoms with E-state index in [2.05, 4.69) is 40.3 Å². The van der Waals surface area contributed by atoms with Crippen LogP contribution in [0, 0.1) is 0 Å². The number of nitrogens with zero attached hydrogens (tertiary/aromatic N) is 2. The number of carbonyl (C=O) groups is 1. The maximum Gasteiger partial charge on any atom is 0.254 e. The highest BCUT2D eigenvalue weighted by Crippen LogP contribution is 2.40. The zero-order chi connectivity index (χ0) is 26.1. The Labute approximate surface area is 237 Å². The van der Waals surface area contributed by atoms with E-state index >= 15 is 0 Å². The first-order valence-corrected chi connectivity index (χ1v) is 15.2. The van der Waals surface area contributed by atoms with Crippen molar-refractivity contribution in [3.63, 3.8) is 0 Å². The van der Waals surface area contributed by atoms with Crippen LogP contribution in [0.4, 0.5) is 5.00 Å². The molecule has 2 aromatic heterocycles. The van der Waals surface area contributed by atoms with Crippen molar-refractivity contribution >= 4 is 62.6 Å². The molecule has 0 spiro atoms. The van der Waals surface area contributed by atoms with E-state index < -0.39 is 0 Å². The van der Waals surface area contributed by atoms with Gasteiger partial charge in [-0.2, -0.15) is 0 Å². The number of para-hydroxylation sites is 1. The number of thiophene rings is 1. The van der Waals surface area contributed by atoms with Gasteiger partial charge in [-0.25, -0.2) is 4.99 Å². The molecule has 7 heteroatoms. The number of aryl methyl sites for hydroxylation is 1. The molecule has 1 N–H and O–H groups in total. The first-order chi connectivity index (χ1) is 18.6. The van der Waals surface area contributed by atoms with Crippen molar-refractivity contribution in [3.05, 3.63) is 85.8 Å². The maximum absolute atomic E-state index is 13.5. The Morgan fingerprint density at radius 3 is 2.68 bits per heavy atom. The zero-order valence-electron chi connectivity index (χ0n) is 21.3. The van der Waals surface area contributed by atoms with Gasteiger partial charge in [0.1, 0.15) is 5.00 Å². The molecule has 6 rings (SSSR count). The highest BCUT2D eigenvalue weighted by Gasteiger charge is 2.27. The molecular formula is C31H31Cl2N3OS. The molecule has 1 fully saturated rings. The van der Waals surface area contributed by atoms with Gasteiger partial charge in [0.2, 0.25) is 0 Å². The van der Waals surface area contributed by atoms with E-state index in [1.54, 1.807) is 11.3 Å². The minimum Gasteiger partial charge on any atom is -0.349 e. The second-order valence-corrected chi connectivity index (χ2v) is 12.3. The minimum absolute atomic E-state index is 0.0606. The predicted molar refractivity (Wildman–Crippen MR) is 160 cm³/mol. The summed E-state index contributed by atoms with van der Waals surface area (Å²) >= 11 is 14.1. The van der Waals surface area contributed by atoms with Gasteiger partial charge in [-0.15, -0.1) is 11.3 Å². The minimum atomic E-state index is 0.0606. The Hall–Kier alpha value is -2.60. The summed E-state index contributed by atoms with van der Waals surface area (Å²) in [7, 11) is 0. The molecule has 0 radical (unpaired) electrons. The molecule has 0 bridgehead atoms. The van der Waals surface area contributed by atoms with E-state index in [1.165, 1.54) is 36.1 Å². The average molecular weight is 565 g/mol. The van der Waals surface area contributed by atoms with E-state index in [4.69, 9.17) is 28.2 Å². The van der Waals surface area contributed by atoms with Crippen molar-refractivity contribution in [3.8, 4) is 0 Å². The van der Waals surface area contributed by atoms with Crippen LogP contribution in [0.3, 0.4) is 0 Å². The predicted octanol–water partition coefficient (Wildman–Crippen LogP) is 8.75. The van der Waals surface area contributed by atoms with Gasteiger partial charge < -0.3 is 9.88 Å². The van der Waals surface area contributed by atoms with Crippen LogP contribution >= 0.6 is 34.5 Å². The van der Waals surface area contributed by atoms with Gasteiger partial charge in [0.15, 0.2) is 0 Å². The maximum atomic E-state index is 13.5. The summed E-state index contributed by atoms with van der Waals surface area (Å²) in [4.78, 5) is 19.9. The SMILES string of the molecule is O=C(NC1CCCCC1)c1c(/N=C/c2cn(Cc3ccc(Cl)c(Cl)c3)c3ccccc23)sc2c1CCCC2. The standard InChI is InChI=1S/C31H31Cl2N3OS/c32-25-15-14-20(16-26(25)33)18-36-19-21(23-10-4-6-12-27(23)36)17-34-31-29(24-11-5-7-13-28(24)38-31)30(37)35-22-8-2-1-3-9-22/h4,6,10,12,14-17,19,22H,1-3,5,7-9,11,13,18H2,(H,35,37)/b34-17+. The van der Waals surface area contributed by atoms with Crippen LogP contribution in [0.25, 0.3) is 10.9 Å². The number of hydrogen-bond donors (Lipinski definition) is 1. The van der Waals surface area contributed by atoms with Crippen molar-refractivity contribution < 1.29 is 4.79 Å². The quantitative estimate of drug-likeness (QED) is 0.234. The normalized spacial score (nSPS) is 16.3. The Morgan fingerprint density at radius 2 is 1.84 bits per heavy atom. The average Bonchev–Trinajstić information content (AvgIpc) is 3.48. The van der Waals surface area contributed by atoms with Gasteiger partial charge in [-0.1, -0.05) is 66.7 Å². The van der Waals surface area contributed by atoms with Crippen LogP contribution in [0.1, 0.15) is 76.9 Å². The van der Waals surface area contributed by atoms with Crippen molar-refractivity contribution in [2.75, 3.05) is 0 Å². The number of aliphatic imine (C=N–C) groups is 1. The second-order valence-electron chi connectivity index (χ2n) is 10.4. The molecule has 2 aliphatic carbocycles. The van der Waals surface area contributed by atoms with Crippen molar-refractivity contribution in [1.82, 2.24) is 9.88 Å². The lowest BCUT2D eigenvalue weighted by molar-refractivity contribution is 0.0927. The number of halogens is 2. The number of aromatic nitrogens is 1. The van der Waals surface area contributed by atoms with E-state index in [1.807, 2.05) is 24.4 Å². The Kier molecular flexibility index (Phi) is 7.60. The molecule has 2 aliphatic rings. The van der Waals surface area contributed by atoms with Gasteiger partial charge in [0.05, 0.1) is 15.6 Å². The highest BCUT2D eigenvalue weighted by atomic mass is 35.5. The van der Waals surface area contributed by atoms with Crippen molar-refractivity contribution in [2.24, 2.45) is 4.99 Å². The van der Waals surface area contributed by atoms with Gasteiger partial charge >= 0.3 is 0 Å². The Morgan fingerprint density at radius 1 is 1.03 bits per heavy atom. The van der Waals surface area contributed by atoms with Crippen molar-refractivity contribution in [1.29, 1.82) is 0 Å². The number of fused-ring (bicyclic) bond motifs is 2. The lowest BCUT2D eigenvalue weighted by atomic mass is 9.93. The smallest absolute Gasteiger partial charge is 0.254 e. The first kappa shape index (κ1) is 25.7. The molecule has 196 valence electrons. The van der Waals surface area contributed by atoms with E-state index in [9.17, 15) is 4.79 Å². The number of carbonyl (C=O) groups excluding carboxylic acids is 1. The van der Waals surface area contributed by atoms with Crippen LogP contribution in [-0.2, 0) is 19.4 Å². The molecule has 0 atom stereocenters. The van der Waals surface area contributed by atoms with E-state index in [0.717, 1.165) is 64.7 Å². The number of amides is 1. The molecule has 4 aromatic rings. The van der Waals surface area contributed by atoms with Gasteiger partial charge in [0.25, 0.3) is 5.91 Å². The zero-order valence-corrected chi connectivity index (χ0v) is 23.6. The number of nitrogens with one attached hydrogen (secondary N) is 1. The van der Waals surface area contributed by atoms with Crippen LogP contribution < -0.4 is 5.32 Å². The van der Waals surface area contributed by atoms with Crippen LogP contribution in [0.5, 0.6) is 0 Å². The summed E-state index contributed by atoms with van der Waals surface area (Å²) in [6, 6.07) is 14.4. The lowest BCUT2D eigenvalue weighted by Gasteiger charge is -2.23. The van der Waals surface area contributed by atoms with Crippen LogP contribution in [0.15, 0.2) is 53.7 Å². The first-order valence-electron chi connectivity index (χ1n) is 13.6. The van der Waals surface area contributed by atoms with Crippen molar-refractivity contribution in [2.45, 2.75) is 70.4 Å². The fourth-order valence-electron chi connectivity index (χ4n) is 5.85. The number of hydrogen-bond acceptors (Lipinski definition) is 3. The lowest BCUT2D eigenvalue weighted by Crippen LogP contribution is -2.36. The molecule has 2 heterocycles. The summed E-state index contributed by atoms with van der Waals surface area (Å²) in [6.45, 7) is 0.674. The van der Waals surface area contributed by atoms with E-state index in [0.29, 0.717) is 16.6 Å². The second kappa shape index (κ2) is 11.3. The van der Waals surface area contributed by atoms with Gasteiger partial charge in [-0.05, 0) is 67.9 Å². The molecule has 4 nitrogen and oxygen atoms in total. The molecule has 38 heavy (non-hydrogen) atoms. The molecule has 0 aliphatic heterocycles. The molecular weight excluding hydrogens is 533 g/mol. The Balaban J connectivity index is 1.33. The number of benzene rings is 2. The fourth-order valence-corrected chi connectivity index (χ4v) is 7.40. The third kappa shape index (κ3) is 5.29. The molecule has 2 aromatic carbocycles. The summed E-state index contributed by atoms with van der Waals surface area (Å²) in [5.41, 5.74) is 5.28. The fraction of sp³-hybridized carbons (Fsp3) is 0.355. The largest absolute Gasteiger partial charge is 0.349 e. The topological polar surface area (TPSA) is 46.4 Å². The summed E-state index contributed by atoms with van der Waals surface area (Å²) in [6.07, 6.45) is 14.2. The third-order valence-electron chi connectivity index (χ3n) is 7.80. The summed E-state index contributed by atoms with van der Waals surface area (Å²) in [5, 5.41) is 6.44. The highest BCUT2D eigenvalue weighted by molar-refractivity contribution is 7.16. The molecule has 0 unspecified atom stereocenters. The monoisotopic (exact) mass is 563 g/mol. The number of rotatable bonds is 6. The van der Waals surface area contributed by atoms with Crippen LogP contribution in [-0.4, -0.2) is 22.7 Å². The summed E-state index contributed by atoms with van der Waals surface area (Å²) < 4.78 is 2.21. The third-order valence-corrected chi connectivity index (χ3v) is 9.74. The molecule has 0 saturated heterocycles.